The second kappa shape index (κ2) is 8.01. The number of alkyl carbamates (subject to hydrolysis) is 1. The van der Waals surface area contributed by atoms with E-state index in [-0.39, 0.29) is 5.56 Å². The zero-order chi connectivity index (χ0) is 22.2. The van der Waals surface area contributed by atoms with Crippen molar-refractivity contribution in [1.82, 2.24) is 5.32 Å². The Morgan fingerprint density at radius 3 is 2.38 bits per heavy atom. The van der Waals surface area contributed by atoms with Gasteiger partial charge in [-0.2, -0.15) is 4.79 Å². The third-order valence-corrected chi connectivity index (χ3v) is 6.61. The Morgan fingerprint density at radius 1 is 1.31 bits per heavy atom. The molecule has 0 aliphatic carbocycles. The van der Waals surface area contributed by atoms with Gasteiger partial charge in [0, 0.05) is 31.3 Å². The van der Waals surface area contributed by atoms with Gasteiger partial charge < -0.3 is 24.2 Å². The van der Waals surface area contributed by atoms with Gasteiger partial charge in [0.1, 0.15) is 5.60 Å². The Hall–Kier alpha value is -2.03. The normalized spacial score (nSPS) is 18.9. The smallest absolute Gasteiger partial charge is 0.440 e. The van der Waals surface area contributed by atoms with E-state index in [0.29, 0.717) is 10.2 Å². The van der Waals surface area contributed by atoms with Crippen LogP contribution >= 0.6 is 23.5 Å². The average molecular weight is 489 g/mol. The van der Waals surface area contributed by atoms with Crippen molar-refractivity contribution >= 4 is 46.7 Å². The zero-order valence-electron chi connectivity index (χ0n) is 16.8. The highest BCUT2D eigenvalue weighted by Gasteiger charge is 2.67. The summed E-state index contributed by atoms with van der Waals surface area (Å²) in [6.07, 6.45) is -0.994. The quantitative estimate of drug-likeness (QED) is 0.293. The number of hydrogen-bond donors (Lipinski definition) is 1. The highest BCUT2D eigenvalue weighted by atomic mass is 79.9. The lowest BCUT2D eigenvalue weighted by atomic mass is 9.92. The predicted molar refractivity (Wildman–Crippen MR) is 109 cm³/mol. The SMILES string of the molecule is COP(=O)(OC)C(=[N+]=[N-])[C@@]1(NC(=O)OC(C)(C)C)C(=O)N(C)c2ccc(Br)cc21. The van der Waals surface area contributed by atoms with E-state index in [2.05, 4.69) is 26.0 Å². The maximum atomic E-state index is 13.4. The molecule has 1 heterocycles. The number of nitrogens with zero attached hydrogens (tertiary/aromatic N) is 3. The van der Waals surface area contributed by atoms with Crippen LogP contribution in [0.4, 0.5) is 10.5 Å². The van der Waals surface area contributed by atoms with Crippen molar-refractivity contribution in [3.05, 3.63) is 33.8 Å². The monoisotopic (exact) mass is 488 g/mol. The summed E-state index contributed by atoms with van der Waals surface area (Å²) in [5, 5.41) is 2.44. The van der Waals surface area contributed by atoms with Gasteiger partial charge in [0.25, 0.3) is 11.4 Å². The number of likely N-dealkylation sites (N-methyl/N-ethyl adjacent to an activating group) is 1. The van der Waals surface area contributed by atoms with Crippen LogP contribution < -0.4 is 10.2 Å². The second-order valence-corrected chi connectivity index (χ2v) is 10.3. The van der Waals surface area contributed by atoms with Crippen LogP contribution in [0.1, 0.15) is 26.3 Å². The van der Waals surface area contributed by atoms with Gasteiger partial charge in [0.15, 0.2) is 0 Å². The molecule has 1 aliphatic rings. The van der Waals surface area contributed by atoms with E-state index >= 15 is 0 Å². The lowest BCUT2D eigenvalue weighted by Gasteiger charge is -2.28. The Kier molecular flexibility index (Phi) is 6.42. The molecule has 0 bridgehead atoms. The minimum Gasteiger partial charge on any atom is -0.444 e. The molecule has 0 radical (unpaired) electrons. The summed E-state index contributed by atoms with van der Waals surface area (Å²) < 4.78 is 28.9. The largest absolute Gasteiger partial charge is 0.444 e. The average Bonchev–Trinajstić information content (AvgIpc) is 2.82. The van der Waals surface area contributed by atoms with Crippen LogP contribution in [0.2, 0.25) is 0 Å². The Bertz CT molecular complexity index is 948. The number of fused-ring (bicyclic) bond motifs is 1. The molecule has 2 rings (SSSR count). The number of nitrogens with one attached hydrogen (secondary N) is 1. The summed E-state index contributed by atoms with van der Waals surface area (Å²) in [6, 6.07) is 4.85. The number of carbonyl (C=O) groups is 2. The highest BCUT2D eigenvalue weighted by Crippen LogP contribution is 2.56. The molecule has 0 aromatic heterocycles. The molecular formula is C17H22BrN4O6P. The van der Waals surface area contributed by atoms with Gasteiger partial charge in [0.05, 0.1) is 5.69 Å². The first-order chi connectivity index (χ1) is 13.4. The molecule has 1 aromatic carbocycles. The fourth-order valence-electron chi connectivity index (χ4n) is 3.01. The first kappa shape index (κ1) is 23.3. The summed E-state index contributed by atoms with van der Waals surface area (Å²) in [6.45, 7) is 4.92. The minimum absolute atomic E-state index is 0.201. The summed E-state index contributed by atoms with van der Waals surface area (Å²) in [7, 11) is -0.673. The number of rotatable bonds is 5. The lowest BCUT2D eigenvalue weighted by Crippen LogP contribution is -2.58. The van der Waals surface area contributed by atoms with Gasteiger partial charge in [-0.05, 0) is 39.0 Å². The van der Waals surface area contributed by atoms with E-state index < -0.39 is 36.2 Å². The molecule has 1 atom stereocenters. The van der Waals surface area contributed by atoms with Crippen molar-refractivity contribution in [2.45, 2.75) is 31.9 Å². The number of anilines is 1. The van der Waals surface area contributed by atoms with Gasteiger partial charge in [-0.15, -0.1) is 0 Å². The van der Waals surface area contributed by atoms with Gasteiger partial charge >= 0.3 is 19.1 Å². The molecule has 158 valence electrons. The van der Waals surface area contributed by atoms with Crippen molar-refractivity contribution < 1.29 is 32.7 Å². The number of benzene rings is 1. The molecule has 10 nitrogen and oxygen atoms in total. The lowest BCUT2D eigenvalue weighted by molar-refractivity contribution is -0.123. The van der Waals surface area contributed by atoms with Crippen LogP contribution in [-0.2, 0) is 28.7 Å². The van der Waals surface area contributed by atoms with Crippen LogP contribution in [0.5, 0.6) is 0 Å². The molecule has 0 unspecified atom stereocenters. The Morgan fingerprint density at radius 2 is 1.90 bits per heavy atom. The molecule has 0 fully saturated rings. The Balaban J connectivity index is 2.83. The minimum atomic E-state index is -4.28. The number of hydrogen-bond acceptors (Lipinski definition) is 6. The van der Waals surface area contributed by atoms with E-state index in [4.69, 9.17) is 13.8 Å². The van der Waals surface area contributed by atoms with E-state index in [0.717, 1.165) is 14.2 Å². The van der Waals surface area contributed by atoms with E-state index in [1.165, 1.54) is 18.0 Å². The van der Waals surface area contributed by atoms with Crippen LogP contribution in [0.15, 0.2) is 22.7 Å². The van der Waals surface area contributed by atoms with Crippen molar-refractivity contribution in [1.29, 1.82) is 0 Å². The first-order valence-electron chi connectivity index (χ1n) is 8.40. The van der Waals surface area contributed by atoms with Gasteiger partial charge in [-0.3, -0.25) is 10.1 Å². The summed E-state index contributed by atoms with van der Waals surface area (Å²) in [5.74, 6) is -0.737. The molecule has 0 saturated heterocycles. The molecule has 0 saturated carbocycles. The highest BCUT2D eigenvalue weighted by molar-refractivity contribution is 9.10. The first-order valence-corrected chi connectivity index (χ1v) is 10.7. The van der Waals surface area contributed by atoms with Gasteiger partial charge in [-0.1, -0.05) is 15.9 Å². The fourth-order valence-corrected chi connectivity index (χ4v) is 4.66. The standard InChI is InChI=1S/C17H22BrN4O6P/c1-16(2,3)28-15(24)20-17(13(21-19)29(25,26-5)27-6)11-9-10(18)7-8-12(11)22(4)14(17)23/h7-9H,1-6H3,(H,20,24)/t17-/m1/s1. The number of carbonyl (C=O) groups excluding carboxylic acids is 2. The maximum absolute atomic E-state index is 13.4. The topological polar surface area (TPSA) is 131 Å². The van der Waals surface area contributed by atoms with Crippen LogP contribution in [0.25, 0.3) is 5.53 Å². The molecule has 12 heteroatoms. The van der Waals surface area contributed by atoms with Crippen molar-refractivity contribution in [2.24, 2.45) is 0 Å². The third kappa shape index (κ3) is 4.01. The van der Waals surface area contributed by atoms with Crippen molar-refractivity contribution in [2.75, 3.05) is 26.2 Å². The molecule has 29 heavy (non-hydrogen) atoms. The molecule has 0 spiro atoms. The van der Waals surface area contributed by atoms with Crippen molar-refractivity contribution in [3.8, 4) is 0 Å². The van der Waals surface area contributed by atoms with E-state index in [1.54, 1.807) is 32.9 Å². The number of amides is 2. The predicted octanol–water partition coefficient (Wildman–Crippen LogP) is 3.26. The Labute approximate surface area is 176 Å². The summed E-state index contributed by atoms with van der Waals surface area (Å²) in [5.41, 5.74) is 6.60. The summed E-state index contributed by atoms with van der Waals surface area (Å²) >= 11 is 3.32. The van der Waals surface area contributed by atoms with Crippen LogP contribution in [0, 0.1) is 0 Å². The molecule has 1 N–H and O–H groups in total. The number of ether oxygens (including phenoxy) is 1. The van der Waals surface area contributed by atoms with Crippen LogP contribution in [-0.4, -0.2) is 49.1 Å². The molecule has 1 aromatic rings. The van der Waals surface area contributed by atoms with E-state index in [9.17, 15) is 19.7 Å². The van der Waals surface area contributed by atoms with Crippen LogP contribution in [0.3, 0.4) is 0 Å². The van der Waals surface area contributed by atoms with Gasteiger partial charge in [0.2, 0.25) is 0 Å². The molecule has 1 aliphatic heterocycles. The second-order valence-electron chi connectivity index (χ2n) is 7.19. The maximum Gasteiger partial charge on any atom is 0.440 e. The van der Waals surface area contributed by atoms with Crippen molar-refractivity contribution in [3.63, 3.8) is 0 Å². The fraction of sp³-hybridized carbons (Fsp3) is 0.471. The molecular weight excluding hydrogens is 467 g/mol. The zero-order valence-corrected chi connectivity index (χ0v) is 19.3. The third-order valence-electron chi connectivity index (χ3n) is 4.21. The number of halogens is 1. The molecule has 2 amide bonds. The van der Waals surface area contributed by atoms with E-state index in [1.807, 2.05) is 0 Å². The van der Waals surface area contributed by atoms with Gasteiger partial charge in [-0.25, -0.2) is 9.36 Å². The summed E-state index contributed by atoms with van der Waals surface area (Å²) in [4.78, 5) is 30.4.